The number of rotatable bonds is 10. The first-order valence-corrected chi connectivity index (χ1v) is 11.4. The molecule has 0 aromatic heterocycles. The zero-order chi connectivity index (χ0) is 19.3. The lowest BCUT2D eigenvalue weighted by molar-refractivity contribution is 0.352. The number of hydrogen-bond donors (Lipinski definition) is 1. The summed E-state index contributed by atoms with van der Waals surface area (Å²) in [7, 11) is -3.19. The molecule has 0 spiro atoms. The molecule has 1 aromatic carbocycles. The topological polar surface area (TPSA) is 86.8 Å². The van der Waals surface area contributed by atoms with Crippen LogP contribution in [0, 0.1) is 13.8 Å². The molecule has 0 bridgehead atoms. The lowest BCUT2D eigenvalue weighted by atomic mass is 10.1. The van der Waals surface area contributed by atoms with Crippen LogP contribution in [0.1, 0.15) is 17.5 Å². The van der Waals surface area contributed by atoms with Gasteiger partial charge in [-0.15, -0.1) is 0 Å². The Hall–Kier alpha value is -1.00. The second kappa shape index (κ2) is 9.09. The van der Waals surface area contributed by atoms with Gasteiger partial charge in [0, 0.05) is 19.6 Å². The lowest BCUT2D eigenvalue weighted by Crippen LogP contribution is -2.39. The van der Waals surface area contributed by atoms with Crippen LogP contribution in [-0.4, -0.2) is 72.6 Å². The van der Waals surface area contributed by atoms with Crippen molar-refractivity contribution in [2.75, 3.05) is 46.5 Å². The SMILES string of the molecule is Cc1ccc(S(=O)(=O)NCCN(CCCN(C)C)S(C)(=O)=O)cc1C. The molecule has 0 aliphatic heterocycles. The molecule has 0 aliphatic rings. The maximum absolute atomic E-state index is 12.3. The Morgan fingerprint density at radius 3 is 2.12 bits per heavy atom. The van der Waals surface area contributed by atoms with Gasteiger partial charge in [0.2, 0.25) is 20.0 Å². The maximum atomic E-state index is 12.3. The minimum absolute atomic E-state index is 0.0320. The van der Waals surface area contributed by atoms with Crippen LogP contribution in [-0.2, 0) is 20.0 Å². The van der Waals surface area contributed by atoms with Gasteiger partial charge in [0.1, 0.15) is 0 Å². The van der Waals surface area contributed by atoms with Crippen LogP contribution in [0.15, 0.2) is 23.1 Å². The van der Waals surface area contributed by atoms with Crippen LogP contribution in [0.5, 0.6) is 0 Å². The van der Waals surface area contributed by atoms with Gasteiger partial charge in [-0.25, -0.2) is 25.9 Å². The van der Waals surface area contributed by atoms with E-state index in [1.807, 2.05) is 32.8 Å². The molecule has 0 fully saturated rings. The lowest BCUT2D eigenvalue weighted by Gasteiger charge is -2.21. The Labute approximate surface area is 152 Å². The van der Waals surface area contributed by atoms with Crippen LogP contribution in [0.2, 0.25) is 0 Å². The molecular formula is C16H29N3O4S2. The number of nitrogens with zero attached hydrogens (tertiary/aromatic N) is 2. The van der Waals surface area contributed by atoms with Crippen molar-refractivity contribution in [1.82, 2.24) is 13.9 Å². The summed E-state index contributed by atoms with van der Waals surface area (Å²) in [6.07, 6.45) is 1.82. The van der Waals surface area contributed by atoms with Crippen molar-refractivity contribution in [2.45, 2.75) is 25.2 Å². The highest BCUT2D eigenvalue weighted by Crippen LogP contribution is 2.14. The summed E-state index contributed by atoms with van der Waals surface area (Å²) < 4.78 is 52.2. The van der Waals surface area contributed by atoms with Gasteiger partial charge in [-0.3, -0.25) is 0 Å². The van der Waals surface area contributed by atoms with Crippen molar-refractivity contribution in [3.05, 3.63) is 29.3 Å². The molecule has 7 nitrogen and oxygen atoms in total. The summed E-state index contributed by atoms with van der Waals surface area (Å²) in [5, 5.41) is 0. The fraction of sp³-hybridized carbons (Fsp3) is 0.625. The Morgan fingerprint density at radius 1 is 0.960 bits per heavy atom. The van der Waals surface area contributed by atoms with E-state index in [0.717, 1.165) is 23.9 Å². The summed E-state index contributed by atoms with van der Waals surface area (Å²) in [6, 6.07) is 4.92. The van der Waals surface area contributed by atoms with E-state index in [9.17, 15) is 16.8 Å². The summed E-state index contributed by atoms with van der Waals surface area (Å²) in [5.41, 5.74) is 1.91. The zero-order valence-corrected chi connectivity index (χ0v) is 17.2. The molecule has 1 rings (SSSR count). The molecule has 1 aromatic rings. The Kier molecular flexibility index (Phi) is 8.01. The number of nitrogens with one attached hydrogen (secondary N) is 1. The standard InChI is InChI=1S/C16H29N3O4S2/c1-14-7-8-16(13-15(14)2)25(22,23)17-9-12-19(24(5,20)21)11-6-10-18(3)4/h7-8,13,17H,6,9-12H2,1-5H3. The van der Waals surface area contributed by atoms with Gasteiger partial charge in [0.05, 0.1) is 11.2 Å². The molecule has 144 valence electrons. The van der Waals surface area contributed by atoms with Crippen LogP contribution in [0.4, 0.5) is 0 Å². The molecule has 0 atom stereocenters. The highest BCUT2D eigenvalue weighted by Gasteiger charge is 2.19. The Bertz CT molecular complexity index is 775. The largest absolute Gasteiger partial charge is 0.309 e. The number of aryl methyl sites for hydroxylation is 2. The highest BCUT2D eigenvalue weighted by molar-refractivity contribution is 7.89. The third-order valence-corrected chi connectivity index (χ3v) is 6.69. The van der Waals surface area contributed by atoms with Crippen molar-refractivity contribution < 1.29 is 16.8 Å². The van der Waals surface area contributed by atoms with Gasteiger partial charge in [0.15, 0.2) is 0 Å². The second-order valence-corrected chi connectivity index (χ2v) is 10.2. The van der Waals surface area contributed by atoms with Crippen LogP contribution < -0.4 is 4.72 Å². The molecular weight excluding hydrogens is 362 g/mol. The minimum atomic E-state index is -3.65. The van der Waals surface area contributed by atoms with Gasteiger partial charge in [0.25, 0.3) is 0 Å². The molecule has 0 aliphatic carbocycles. The molecule has 0 saturated heterocycles. The molecule has 0 unspecified atom stereocenters. The third kappa shape index (κ3) is 7.41. The first-order chi connectivity index (χ1) is 11.4. The molecule has 9 heteroatoms. The smallest absolute Gasteiger partial charge is 0.240 e. The first-order valence-electron chi connectivity index (χ1n) is 8.10. The van der Waals surface area contributed by atoms with Crippen molar-refractivity contribution >= 4 is 20.0 Å². The van der Waals surface area contributed by atoms with Crippen molar-refractivity contribution in [3.8, 4) is 0 Å². The number of hydrogen-bond acceptors (Lipinski definition) is 5. The minimum Gasteiger partial charge on any atom is -0.309 e. The van der Waals surface area contributed by atoms with Crippen molar-refractivity contribution in [3.63, 3.8) is 0 Å². The summed E-state index contributed by atoms with van der Waals surface area (Å²) in [5.74, 6) is 0. The Balaban J connectivity index is 2.68. The molecule has 0 heterocycles. The van der Waals surface area contributed by atoms with Gasteiger partial charge >= 0.3 is 0 Å². The van der Waals surface area contributed by atoms with E-state index >= 15 is 0 Å². The predicted octanol–water partition coefficient (Wildman–Crippen LogP) is 0.795. The monoisotopic (exact) mass is 391 g/mol. The van der Waals surface area contributed by atoms with E-state index in [1.54, 1.807) is 18.2 Å². The fourth-order valence-corrected chi connectivity index (χ4v) is 4.27. The van der Waals surface area contributed by atoms with Crippen LogP contribution >= 0.6 is 0 Å². The van der Waals surface area contributed by atoms with Crippen LogP contribution in [0.25, 0.3) is 0 Å². The molecule has 25 heavy (non-hydrogen) atoms. The molecule has 0 saturated carbocycles. The predicted molar refractivity (Wildman–Crippen MR) is 101 cm³/mol. The average Bonchev–Trinajstić information content (AvgIpc) is 2.46. The summed E-state index contributed by atoms with van der Waals surface area (Å²) >= 11 is 0. The van der Waals surface area contributed by atoms with E-state index in [2.05, 4.69) is 4.72 Å². The highest BCUT2D eigenvalue weighted by atomic mass is 32.2. The second-order valence-electron chi connectivity index (χ2n) is 6.46. The average molecular weight is 392 g/mol. The van der Waals surface area contributed by atoms with E-state index < -0.39 is 20.0 Å². The normalized spacial score (nSPS) is 12.9. The number of benzene rings is 1. The molecule has 0 amide bonds. The van der Waals surface area contributed by atoms with Crippen molar-refractivity contribution in [2.24, 2.45) is 0 Å². The first kappa shape index (κ1) is 22.0. The van der Waals surface area contributed by atoms with E-state index in [4.69, 9.17) is 0 Å². The van der Waals surface area contributed by atoms with E-state index in [-0.39, 0.29) is 18.0 Å². The third-order valence-electron chi connectivity index (χ3n) is 3.92. The van der Waals surface area contributed by atoms with E-state index in [1.165, 1.54) is 4.31 Å². The van der Waals surface area contributed by atoms with Gasteiger partial charge < -0.3 is 4.90 Å². The van der Waals surface area contributed by atoms with Gasteiger partial charge in [-0.05, 0) is 64.2 Å². The molecule has 1 N–H and O–H groups in total. The molecule has 0 radical (unpaired) electrons. The quantitative estimate of drug-likeness (QED) is 0.637. The summed E-state index contributed by atoms with van der Waals surface area (Å²) in [6.45, 7) is 5.03. The zero-order valence-electron chi connectivity index (χ0n) is 15.6. The maximum Gasteiger partial charge on any atom is 0.240 e. The number of sulfonamides is 2. The van der Waals surface area contributed by atoms with Gasteiger partial charge in [-0.2, -0.15) is 0 Å². The van der Waals surface area contributed by atoms with E-state index in [0.29, 0.717) is 13.0 Å². The van der Waals surface area contributed by atoms with Crippen molar-refractivity contribution in [1.29, 1.82) is 0 Å². The fourth-order valence-electron chi connectivity index (χ4n) is 2.28. The van der Waals surface area contributed by atoms with Gasteiger partial charge in [-0.1, -0.05) is 6.07 Å². The van der Waals surface area contributed by atoms with Crippen LogP contribution in [0.3, 0.4) is 0 Å². The Morgan fingerprint density at radius 2 is 1.60 bits per heavy atom. The summed E-state index contributed by atoms with van der Waals surface area (Å²) in [4.78, 5) is 2.16.